The average molecular weight is 372 g/mol. The number of phenols is 1. The Bertz CT molecular complexity index is 694. The predicted molar refractivity (Wildman–Crippen MR) is 86.0 cm³/mol. The maximum atomic E-state index is 11.0. The van der Waals surface area contributed by atoms with Gasteiger partial charge in [-0.15, -0.1) is 0 Å². The van der Waals surface area contributed by atoms with Crippen molar-refractivity contribution in [2.45, 2.75) is 13.0 Å². The number of halogens is 2. The summed E-state index contributed by atoms with van der Waals surface area (Å²) in [5, 5.41) is 24.0. The van der Waals surface area contributed by atoms with Gasteiger partial charge in [-0.25, -0.2) is 0 Å². The summed E-state index contributed by atoms with van der Waals surface area (Å²) < 4.78 is 0.860. The van der Waals surface area contributed by atoms with Crippen molar-refractivity contribution in [3.63, 3.8) is 0 Å². The Morgan fingerprint density at radius 3 is 2.67 bits per heavy atom. The third-order valence-electron chi connectivity index (χ3n) is 2.98. The molecule has 0 saturated carbocycles. The van der Waals surface area contributed by atoms with E-state index in [9.17, 15) is 15.2 Å². The lowest BCUT2D eigenvalue weighted by molar-refractivity contribution is -0.384. The van der Waals surface area contributed by atoms with Crippen LogP contribution in [0.5, 0.6) is 5.75 Å². The summed E-state index contributed by atoms with van der Waals surface area (Å²) in [4.78, 5) is 10.5. The molecular weight excluding hydrogens is 360 g/mol. The van der Waals surface area contributed by atoms with Crippen molar-refractivity contribution in [2.75, 3.05) is 5.32 Å². The number of hydrogen-bond donors (Lipinski definition) is 2. The first kappa shape index (κ1) is 15.6. The van der Waals surface area contributed by atoms with Crippen molar-refractivity contribution in [3.8, 4) is 5.75 Å². The fourth-order valence-corrected chi connectivity index (χ4v) is 2.79. The Hall–Kier alpha value is -1.79. The highest BCUT2D eigenvalue weighted by molar-refractivity contribution is 9.10. The molecule has 0 amide bonds. The van der Waals surface area contributed by atoms with Gasteiger partial charge in [0, 0.05) is 9.50 Å². The fraction of sp³-hybridized carbons (Fsp3) is 0.143. The van der Waals surface area contributed by atoms with E-state index in [0.717, 1.165) is 16.1 Å². The van der Waals surface area contributed by atoms with Crippen LogP contribution in [-0.4, -0.2) is 10.0 Å². The summed E-state index contributed by atoms with van der Waals surface area (Å²) in [5.41, 5.74) is 0.960. The summed E-state index contributed by atoms with van der Waals surface area (Å²) in [5.74, 6) is -0.151. The fourth-order valence-electron chi connectivity index (χ4n) is 1.96. The molecule has 0 radical (unpaired) electrons. The molecule has 2 N–H and O–H groups in total. The van der Waals surface area contributed by atoms with E-state index in [1.807, 2.05) is 19.1 Å². The summed E-state index contributed by atoms with van der Waals surface area (Å²) in [7, 11) is 0. The second-order valence-corrected chi connectivity index (χ2v) is 5.81. The van der Waals surface area contributed by atoms with Crippen LogP contribution in [0, 0.1) is 10.1 Å². The third-order valence-corrected chi connectivity index (χ3v) is 3.80. The molecule has 0 aliphatic carbocycles. The molecule has 0 fully saturated rings. The van der Waals surface area contributed by atoms with Gasteiger partial charge in [-0.1, -0.05) is 33.6 Å². The summed E-state index contributed by atoms with van der Waals surface area (Å²) in [6, 6.07) is 9.20. The molecule has 1 atom stereocenters. The molecule has 2 aromatic carbocycles. The first-order valence-electron chi connectivity index (χ1n) is 6.07. The second kappa shape index (κ2) is 6.32. The highest BCUT2D eigenvalue weighted by Gasteiger charge is 2.18. The van der Waals surface area contributed by atoms with Gasteiger partial charge in [0.1, 0.15) is 11.4 Å². The van der Waals surface area contributed by atoms with E-state index < -0.39 is 4.92 Å². The number of nitrogens with zero attached hydrogens (tertiary/aromatic N) is 1. The van der Waals surface area contributed by atoms with Gasteiger partial charge in [-0.3, -0.25) is 10.1 Å². The van der Waals surface area contributed by atoms with Crippen LogP contribution >= 0.6 is 27.5 Å². The van der Waals surface area contributed by atoms with E-state index in [2.05, 4.69) is 21.2 Å². The van der Waals surface area contributed by atoms with Crippen molar-refractivity contribution in [1.82, 2.24) is 0 Å². The Labute approximate surface area is 134 Å². The average Bonchev–Trinajstić information content (AvgIpc) is 2.40. The lowest BCUT2D eigenvalue weighted by Crippen LogP contribution is -2.08. The van der Waals surface area contributed by atoms with Crippen molar-refractivity contribution in [1.29, 1.82) is 0 Å². The van der Waals surface area contributed by atoms with Crippen LogP contribution in [0.4, 0.5) is 11.4 Å². The highest BCUT2D eigenvalue weighted by atomic mass is 79.9. The van der Waals surface area contributed by atoms with Crippen molar-refractivity contribution >= 4 is 38.9 Å². The molecule has 0 aliphatic rings. The molecular formula is C14H12BrClN2O3. The third kappa shape index (κ3) is 3.65. The minimum atomic E-state index is -0.544. The Balaban J connectivity index is 2.31. The van der Waals surface area contributed by atoms with Crippen LogP contribution in [-0.2, 0) is 0 Å². The number of rotatable bonds is 4. The van der Waals surface area contributed by atoms with Gasteiger partial charge in [-0.05, 0) is 36.8 Å². The number of phenolic OH excluding ortho intramolecular Hbond substituents is 1. The molecule has 0 aromatic heterocycles. The maximum absolute atomic E-state index is 11.0. The van der Waals surface area contributed by atoms with Gasteiger partial charge in [0.05, 0.1) is 17.0 Å². The Morgan fingerprint density at radius 2 is 2.05 bits per heavy atom. The van der Waals surface area contributed by atoms with Crippen LogP contribution in [0.2, 0.25) is 5.02 Å². The zero-order chi connectivity index (χ0) is 15.6. The van der Waals surface area contributed by atoms with E-state index in [-0.39, 0.29) is 17.5 Å². The van der Waals surface area contributed by atoms with Crippen LogP contribution in [0.15, 0.2) is 40.9 Å². The highest BCUT2D eigenvalue weighted by Crippen LogP contribution is 2.33. The monoisotopic (exact) mass is 370 g/mol. The summed E-state index contributed by atoms with van der Waals surface area (Å²) >= 11 is 9.50. The van der Waals surface area contributed by atoms with E-state index in [1.165, 1.54) is 12.1 Å². The second-order valence-electron chi connectivity index (χ2n) is 4.49. The molecule has 110 valence electrons. The molecule has 0 spiro atoms. The topological polar surface area (TPSA) is 75.4 Å². The van der Waals surface area contributed by atoms with E-state index >= 15 is 0 Å². The molecule has 0 aliphatic heterocycles. The van der Waals surface area contributed by atoms with Gasteiger partial charge in [0.25, 0.3) is 5.69 Å². The molecule has 21 heavy (non-hydrogen) atoms. The number of hydrogen-bond acceptors (Lipinski definition) is 4. The summed E-state index contributed by atoms with van der Waals surface area (Å²) in [6.45, 7) is 1.85. The smallest absolute Gasteiger partial charge is 0.296 e. The number of aromatic hydroxyl groups is 1. The first-order valence-corrected chi connectivity index (χ1v) is 7.24. The minimum absolute atomic E-state index is 0.151. The normalized spacial score (nSPS) is 12.0. The largest absolute Gasteiger partial charge is 0.508 e. The molecule has 0 bridgehead atoms. The zero-order valence-electron chi connectivity index (χ0n) is 11.0. The zero-order valence-corrected chi connectivity index (χ0v) is 13.4. The SMILES string of the molecule is CC(Nc1ccc(O)cc1[N+](=O)[O-])c1ccc(Br)cc1Cl. The maximum Gasteiger partial charge on any atom is 0.296 e. The number of benzene rings is 2. The lowest BCUT2D eigenvalue weighted by Gasteiger charge is -2.17. The number of anilines is 1. The first-order chi connectivity index (χ1) is 9.88. The van der Waals surface area contributed by atoms with Crippen LogP contribution in [0.3, 0.4) is 0 Å². The predicted octanol–water partition coefficient (Wildman–Crippen LogP) is 4.89. The van der Waals surface area contributed by atoms with Crippen molar-refractivity contribution in [2.24, 2.45) is 0 Å². The Kier molecular flexibility index (Phi) is 4.69. The van der Waals surface area contributed by atoms with Gasteiger partial charge < -0.3 is 10.4 Å². The quantitative estimate of drug-likeness (QED) is 0.456. The minimum Gasteiger partial charge on any atom is -0.508 e. The lowest BCUT2D eigenvalue weighted by atomic mass is 10.1. The molecule has 5 nitrogen and oxygen atoms in total. The molecule has 0 saturated heterocycles. The van der Waals surface area contributed by atoms with Gasteiger partial charge in [-0.2, -0.15) is 0 Å². The van der Waals surface area contributed by atoms with Crippen molar-refractivity contribution < 1.29 is 10.0 Å². The molecule has 2 aromatic rings. The van der Waals surface area contributed by atoms with Crippen LogP contribution in [0.25, 0.3) is 0 Å². The number of nitro groups is 1. The molecule has 1 unspecified atom stereocenters. The van der Waals surface area contributed by atoms with Gasteiger partial charge in [0.15, 0.2) is 0 Å². The summed E-state index contributed by atoms with van der Waals surface area (Å²) in [6.07, 6.45) is 0. The molecule has 0 heterocycles. The standard InChI is InChI=1S/C14H12BrClN2O3/c1-8(11-4-2-9(15)6-12(11)16)17-13-5-3-10(19)7-14(13)18(20)21/h2-8,17,19H,1H3. The molecule has 7 heteroatoms. The Morgan fingerprint density at radius 1 is 1.33 bits per heavy atom. The van der Waals surface area contributed by atoms with E-state index in [4.69, 9.17) is 11.6 Å². The number of nitro benzene ring substituents is 1. The van der Waals surface area contributed by atoms with Crippen LogP contribution < -0.4 is 5.32 Å². The van der Waals surface area contributed by atoms with E-state index in [0.29, 0.717) is 10.7 Å². The van der Waals surface area contributed by atoms with Crippen molar-refractivity contribution in [3.05, 3.63) is 61.6 Å². The molecule has 2 rings (SSSR count). The van der Waals surface area contributed by atoms with E-state index in [1.54, 1.807) is 6.07 Å². The number of nitrogens with one attached hydrogen (secondary N) is 1. The van der Waals surface area contributed by atoms with Gasteiger partial charge >= 0.3 is 0 Å². The van der Waals surface area contributed by atoms with Crippen LogP contribution in [0.1, 0.15) is 18.5 Å². The van der Waals surface area contributed by atoms with Gasteiger partial charge in [0.2, 0.25) is 0 Å².